The van der Waals surface area contributed by atoms with Crippen molar-refractivity contribution in [2.45, 2.75) is 12.8 Å². The highest BCUT2D eigenvalue weighted by atomic mass is 127. The Morgan fingerprint density at radius 2 is 2.00 bits per heavy atom. The van der Waals surface area contributed by atoms with Crippen LogP contribution in [0.15, 0.2) is 0 Å². The Hall–Kier alpha value is 0.360. The molecule has 0 radical (unpaired) electrons. The van der Waals surface area contributed by atoms with Crippen molar-refractivity contribution in [2.24, 2.45) is 0 Å². The lowest BCUT2D eigenvalue weighted by atomic mass is 10.1. The van der Waals surface area contributed by atoms with Gasteiger partial charge in [0, 0.05) is 25.9 Å². The third kappa shape index (κ3) is 2.21. The van der Waals surface area contributed by atoms with Gasteiger partial charge in [-0.25, -0.2) is 0 Å². The zero-order valence-electron chi connectivity index (χ0n) is 5.27. The van der Waals surface area contributed by atoms with Gasteiger partial charge in [0.05, 0.1) is 4.55 Å². The molecule has 1 rings (SSSR count). The number of alkyl halides is 1. The summed E-state index contributed by atoms with van der Waals surface area (Å²) in [5.74, 6) is 0.427. The highest BCUT2D eigenvalue weighted by Crippen LogP contribution is 2.06. The van der Waals surface area contributed by atoms with Crippen molar-refractivity contribution >= 4 is 28.4 Å². The molecule has 0 aromatic carbocycles. The first-order valence-electron chi connectivity index (χ1n) is 3.13. The monoisotopic (exact) mass is 239 g/mol. The summed E-state index contributed by atoms with van der Waals surface area (Å²) in [4.78, 5) is 13.0. The molecule has 0 spiro atoms. The lowest BCUT2D eigenvalue weighted by Gasteiger charge is -2.22. The highest BCUT2D eigenvalue weighted by Gasteiger charge is 2.13. The van der Waals surface area contributed by atoms with Crippen LogP contribution in [-0.2, 0) is 4.79 Å². The maximum atomic E-state index is 10.7. The molecule has 0 aromatic rings. The number of piperidine rings is 1. The third-order valence-corrected chi connectivity index (χ3v) is 2.55. The average molecular weight is 239 g/mol. The molecule has 9 heavy (non-hydrogen) atoms. The first-order valence-corrected chi connectivity index (χ1v) is 4.65. The van der Waals surface area contributed by atoms with E-state index in [4.69, 9.17) is 0 Å². The van der Waals surface area contributed by atoms with Gasteiger partial charge in [-0.3, -0.25) is 9.69 Å². The summed E-state index contributed by atoms with van der Waals surface area (Å²) in [5, 5.41) is 0. The lowest BCUT2D eigenvalue weighted by Crippen LogP contribution is -2.32. The number of halogens is 1. The van der Waals surface area contributed by atoms with Crippen molar-refractivity contribution in [1.29, 1.82) is 0 Å². The fourth-order valence-electron chi connectivity index (χ4n) is 0.922. The van der Waals surface area contributed by atoms with Crippen LogP contribution in [0.4, 0.5) is 0 Å². The Balaban J connectivity index is 2.26. The van der Waals surface area contributed by atoms with Crippen molar-refractivity contribution in [3.05, 3.63) is 0 Å². The van der Waals surface area contributed by atoms with Gasteiger partial charge in [0.15, 0.2) is 0 Å². The smallest absolute Gasteiger partial charge is 0.135 e. The molecule has 0 atom stereocenters. The van der Waals surface area contributed by atoms with Crippen LogP contribution in [0.1, 0.15) is 12.8 Å². The van der Waals surface area contributed by atoms with E-state index in [2.05, 4.69) is 27.5 Å². The Morgan fingerprint density at radius 1 is 1.44 bits per heavy atom. The van der Waals surface area contributed by atoms with Crippen molar-refractivity contribution in [3.63, 3.8) is 0 Å². The SMILES string of the molecule is O=C1CCN(CI)CC1. The maximum Gasteiger partial charge on any atom is 0.135 e. The largest absolute Gasteiger partial charge is 0.300 e. The molecule has 0 bridgehead atoms. The van der Waals surface area contributed by atoms with E-state index >= 15 is 0 Å². The molecule has 1 aliphatic rings. The van der Waals surface area contributed by atoms with Crippen LogP contribution in [0.2, 0.25) is 0 Å². The Labute approximate surface area is 68.7 Å². The summed E-state index contributed by atoms with van der Waals surface area (Å²) in [6.07, 6.45) is 1.53. The molecule has 0 aliphatic carbocycles. The number of hydrogen-bond acceptors (Lipinski definition) is 2. The summed E-state index contributed by atoms with van der Waals surface area (Å²) in [7, 11) is 0. The van der Waals surface area contributed by atoms with Gasteiger partial charge in [-0.2, -0.15) is 0 Å². The van der Waals surface area contributed by atoms with Crippen molar-refractivity contribution in [3.8, 4) is 0 Å². The van der Waals surface area contributed by atoms with E-state index in [1.165, 1.54) is 0 Å². The van der Waals surface area contributed by atoms with Crippen LogP contribution in [0, 0.1) is 0 Å². The fourth-order valence-corrected chi connectivity index (χ4v) is 1.60. The second kappa shape index (κ2) is 3.51. The molecular formula is C6H10INO. The molecule has 1 saturated heterocycles. The molecule has 0 aromatic heterocycles. The standard InChI is InChI=1S/C6H10INO/c7-5-8-3-1-6(9)2-4-8/h1-5H2. The fraction of sp³-hybridized carbons (Fsp3) is 0.833. The van der Waals surface area contributed by atoms with E-state index < -0.39 is 0 Å². The molecule has 0 saturated carbocycles. The second-order valence-corrected chi connectivity index (χ2v) is 2.96. The normalized spacial score (nSPS) is 22.6. The topological polar surface area (TPSA) is 20.3 Å². The van der Waals surface area contributed by atoms with E-state index in [-0.39, 0.29) is 0 Å². The summed E-state index contributed by atoms with van der Waals surface area (Å²) >= 11 is 2.33. The number of likely N-dealkylation sites (tertiary alicyclic amines) is 1. The number of Topliss-reactive ketones (excluding diaryl/α,β-unsaturated/α-hetero) is 1. The molecule has 52 valence electrons. The molecule has 1 heterocycles. The quantitative estimate of drug-likeness (QED) is 0.387. The molecular weight excluding hydrogens is 229 g/mol. The molecule has 3 heteroatoms. The van der Waals surface area contributed by atoms with Gasteiger partial charge in [-0.15, -0.1) is 0 Å². The van der Waals surface area contributed by atoms with Gasteiger partial charge in [0.2, 0.25) is 0 Å². The van der Waals surface area contributed by atoms with Gasteiger partial charge in [0.25, 0.3) is 0 Å². The van der Waals surface area contributed by atoms with Crippen LogP contribution in [-0.4, -0.2) is 28.3 Å². The molecule has 2 nitrogen and oxygen atoms in total. The number of carbonyl (C=O) groups excluding carboxylic acids is 1. The second-order valence-electron chi connectivity index (χ2n) is 2.28. The van der Waals surface area contributed by atoms with Crippen molar-refractivity contribution < 1.29 is 4.79 Å². The van der Waals surface area contributed by atoms with Gasteiger partial charge < -0.3 is 0 Å². The summed E-state index contributed by atoms with van der Waals surface area (Å²) < 4.78 is 1.06. The van der Waals surface area contributed by atoms with E-state index in [9.17, 15) is 4.79 Å². The van der Waals surface area contributed by atoms with Crippen LogP contribution >= 0.6 is 22.6 Å². The van der Waals surface area contributed by atoms with Crippen LogP contribution in [0.25, 0.3) is 0 Å². The first-order chi connectivity index (χ1) is 4.33. The van der Waals surface area contributed by atoms with Crippen LogP contribution in [0.3, 0.4) is 0 Å². The number of carbonyl (C=O) groups is 1. The molecule has 0 N–H and O–H groups in total. The zero-order valence-corrected chi connectivity index (χ0v) is 7.43. The van der Waals surface area contributed by atoms with E-state index in [1.54, 1.807) is 0 Å². The summed E-state index contributed by atoms with van der Waals surface area (Å²) in [5.41, 5.74) is 0. The van der Waals surface area contributed by atoms with E-state index in [0.29, 0.717) is 5.78 Å². The number of nitrogens with zero attached hydrogens (tertiary/aromatic N) is 1. The summed E-state index contributed by atoms with van der Waals surface area (Å²) in [6.45, 7) is 1.95. The molecule has 1 aliphatic heterocycles. The maximum absolute atomic E-state index is 10.7. The highest BCUT2D eigenvalue weighted by molar-refractivity contribution is 14.1. The minimum absolute atomic E-state index is 0.427. The third-order valence-electron chi connectivity index (χ3n) is 1.58. The van der Waals surface area contributed by atoms with Crippen LogP contribution < -0.4 is 0 Å². The minimum Gasteiger partial charge on any atom is -0.300 e. The number of ketones is 1. The van der Waals surface area contributed by atoms with Crippen molar-refractivity contribution in [2.75, 3.05) is 17.6 Å². The number of hydrogen-bond donors (Lipinski definition) is 0. The predicted octanol–water partition coefficient (Wildman–Crippen LogP) is 1.04. The van der Waals surface area contributed by atoms with E-state index in [1.807, 2.05) is 0 Å². The number of rotatable bonds is 1. The van der Waals surface area contributed by atoms with Gasteiger partial charge >= 0.3 is 0 Å². The van der Waals surface area contributed by atoms with Gasteiger partial charge in [-0.1, -0.05) is 22.6 Å². The minimum atomic E-state index is 0.427. The first kappa shape index (κ1) is 7.47. The molecule has 0 amide bonds. The Bertz CT molecular complexity index is 106. The molecule has 0 unspecified atom stereocenters. The van der Waals surface area contributed by atoms with Crippen LogP contribution in [0.5, 0.6) is 0 Å². The van der Waals surface area contributed by atoms with E-state index in [0.717, 1.165) is 30.5 Å². The van der Waals surface area contributed by atoms with Gasteiger partial charge in [-0.05, 0) is 0 Å². The Kier molecular flexibility index (Phi) is 2.91. The van der Waals surface area contributed by atoms with Gasteiger partial charge in [0.1, 0.15) is 5.78 Å². The van der Waals surface area contributed by atoms with Crippen molar-refractivity contribution in [1.82, 2.24) is 4.90 Å². The summed E-state index contributed by atoms with van der Waals surface area (Å²) in [6, 6.07) is 0. The average Bonchev–Trinajstić information content (AvgIpc) is 1.90. The lowest BCUT2D eigenvalue weighted by molar-refractivity contribution is -0.121. The Morgan fingerprint density at radius 3 is 2.44 bits per heavy atom. The predicted molar refractivity (Wildman–Crippen MR) is 44.7 cm³/mol. The molecule has 1 fully saturated rings. The zero-order chi connectivity index (χ0) is 6.69.